The number of Topliss-reactive ketones (excluding diaryl/α,β-unsaturated/α-hetero) is 1. The number of hydrogen-bond acceptors (Lipinski definition) is 6. The molecule has 2 fully saturated rings. The van der Waals surface area contributed by atoms with Gasteiger partial charge in [0.1, 0.15) is 6.04 Å². The second kappa shape index (κ2) is 10.5. The van der Waals surface area contributed by atoms with Crippen molar-refractivity contribution in [3.05, 3.63) is 40.5 Å². The van der Waals surface area contributed by atoms with Crippen LogP contribution in [0.4, 0.5) is 4.39 Å². The first-order valence-corrected chi connectivity index (χ1v) is 14.1. The predicted octanol–water partition coefficient (Wildman–Crippen LogP) is 4.37. The number of hydrogen-bond donors (Lipinski definition) is 2. The molecule has 0 radical (unpaired) electrons. The minimum Gasteiger partial charge on any atom is -0.391 e. The van der Waals surface area contributed by atoms with Gasteiger partial charge in [-0.05, 0) is 42.4 Å². The molecule has 7 nitrogen and oxygen atoms in total. The zero-order chi connectivity index (χ0) is 28.0. The van der Waals surface area contributed by atoms with Gasteiger partial charge in [-0.2, -0.15) is 0 Å². The first kappa shape index (κ1) is 28.4. The van der Waals surface area contributed by atoms with Gasteiger partial charge in [0.05, 0.1) is 22.2 Å². The van der Waals surface area contributed by atoms with E-state index in [4.69, 9.17) is 0 Å². The lowest BCUT2D eigenvalue weighted by atomic mass is 9.76. The van der Waals surface area contributed by atoms with Gasteiger partial charge in [0, 0.05) is 37.8 Å². The van der Waals surface area contributed by atoms with E-state index in [9.17, 15) is 23.9 Å². The SMILES string of the molecule is Cc1cc(-c2scnc2C)ccc1CNC(=O)[C@@H]1C[C@@H](O)CN1C(=O)C(CC(=O)C1(F)CC1C)C(C)(C)C. The molecule has 5 atom stereocenters. The Morgan fingerprint density at radius 3 is 2.53 bits per heavy atom. The highest BCUT2D eigenvalue weighted by molar-refractivity contribution is 7.13. The first-order valence-electron chi connectivity index (χ1n) is 13.2. The molecule has 0 bridgehead atoms. The summed E-state index contributed by atoms with van der Waals surface area (Å²) in [5, 5.41) is 13.3. The number of amides is 2. The Hall–Kier alpha value is -2.65. The zero-order valence-electron chi connectivity index (χ0n) is 23.0. The molecule has 4 rings (SSSR count). The van der Waals surface area contributed by atoms with Crippen LogP contribution >= 0.6 is 11.3 Å². The van der Waals surface area contributed by atoms with Crippen molar-refractivity contribution in [2.24, 2.45) is 17.3 Å². The standard InChI is InChI=1S/C29H38FN3O4S/c1-16-9-19(25-18(3)32-15-38-25)7-8-20(16)13-31-26(36)23-10-21(34)14-33(23)27(37)22(28(4,5)6)11-24(35)29(30)12-17(29)2/h7-9,15,17,21-23,34H,10-14H2,1-6H3,(H,31,36)/t17?,21-,22?,23+,29?/m1/s1. The number of β-amino-alcohol motifs (C(OH)–C–C–N with tert-alkyl or cyclic N) is 1. The van der Waals surface area contributed by atoms with E-state index in [2.05, 4.69) is 16.4 Å². The van der Waals surface area contributed by atoms with Crippen LogP contribution in [0.25, 0.3) is 10.4 Å². The third kappa shape index (κ3) is 5.69. The van der Waals surface area contributed by atoms with Crippen LogP contribution in [-0.4, -0.2) is 56.9 Å². The number of ketones is 1. The summed E-state index contributed by atoms with van der Waals surface area (Å²) in [6.07, 6.45) is -0.746. The van der Waals surface area contributed by atoms with E-state index in [1.54, 1.807) is 18.3 Å². The monoisotopic (exact) mass is 543 g/mol. The van der Waals surface area contributed by atoms with Gasteiger partial charge in [0.2, 0.25) is 11.8 Å². The molecule has 1 aromatic carbocycles. The number of aromatic nitrogens is 1. The highest BCUT2D eigenvalue weighted by Gasteiger charge is 2.59. The maximum absolute atomic E-state index is 14.8. The maximum Gasteiger partial charge on any atom is 0.243 e. The summed E-state index contributed by atoms with van der Waals surface area (Å²) >= 11 is 1.58. The maximum atomic E-state index is 14.8. The van der Waals surface area contributed by atoms with E-state index in [-0.39, 0.29) is 50.1 Å². The number of halogens is 1. The van der Waals surface area contributed by atoms with Crippen molar-refractivity contribution in [3.8, 4) is 10.4 Å². The van der Waals surface area contributed by atoms with E-state index in [1.165, 1.54) is 4.90 Å². The summed E-state index contributed by atoms with van der Waals surface area (Å²) in [6, 6.07) is 5.20. The van der Waals surface area contributed by atoms with Gasteiger partial charge in [-0.25, -0.2) is 9.37 Å². The van der Waals surface area contributed by atoms with Gasteiger partial charge in [0.25, 0.3) is 0 Å². The van der Waals surface area contributed by atoms with Gasteiger partial charge >= 0.3 is 0 Å². The molecule has 9 heteroatoms. The minimum absolute atomic E-state index is 0.0107. The number of rotatable bonds is 8. The summed E-state index contributed by atoms with van der Waals surface area (Å²) < 4.78 is 14.8. The van der Waals surface area contributed by atoms with Crippen LogP contribution in [0.15, 0.2) is 23.7 Å². The normalized spacial score (nSPS) is 25.8. The number of likely N-dealkylation sites (tertiary alicyclic amines) is 1. The Morgan fingerprint density at radius 1 is 1.29 bits per heavy atom. The Bertz CT molecular complexity index is 1240. The number of aliphatic hydroxyl groups excluding tert-OH is 1. The number of benzene rings is 1. The average molecular weight is 544 g/mol. The van der Waals surface area contributed by atoms with Gasteiger partial charge in [0.15, 0.2) is 11.5 Å². The van der Waals surface area contributed by atoms with Gasteiger partial charge < -0.3 is 15.3 Å². The lowest BCUT2D eigenvalue weighted by Gasteiger charge is -2.35. The number of alkyl halides is 1. The van der Waals surface area contributed by atoms with Crippen LogP contribution in [0, 0.1) is 31.1 Å². The number of carbonyl (C=O) groups excluding carboxylic acids is 3. The van der Waals surface area contributed by atoms with Crippen molar-refractivity contribution >= 4 is 28.9 Å². The zero-order valence-corrected chi connectivity index (χ0v) is 23.8. The molecule has 1 aliphatic heterocycles. The van der Waals surface area contributed by atoms with Crippen LogP contribution in [0.5, 0.6) is 0 Å². The molecular weight excluding hydrogens is 505 g/mol. The Kier molecular flexibility index (Phi) is 7.83. The largest absolute Gasteiger partial charge is 0.391 e. The smallest absolute Gasteiger partial charge is 0.243 e. The summed E-state index contributed by atoms with van der Waals surface area (Å²) in [5.74, 6) is -2.41. The fraction of sp³-hybridized carbons (Fsp3) is 0.586. The Balaban J connectivity index is 1.45. The van der Waals surface area contributed by atoms with Crippen LogP contribution in [0.3, 0.4) is 0 Å². The number of carbonyl (C=O) groups is 3. The summed E-state index contributed by atoms with van der Waals surface area (Å²) in [7, 11) is 0. The van der Waals surface area contributed by atoms with Crippen LogP contribution in [0.1, 0.15) is 63.8 Å². The lowest BCUT2D eigenvalue weighted by molar-refractivity contribution is -0.147. The first-order chi connectivity index (χ1) is 17.7. The second-order valence-electron chi connectivity index (χ2n) is 12.0. The molecule has 2 aromatic rings. The number of thiazole rings is 1. The van der Waals surface area contributed by atoms with Crippen LogP contribution in [0.2, 0.25) is 0 Å². The van der Waals surface area contributed by atoms with Crippen molar-refractivity contribution in [2.75, 3.05) is 6.54 Å². The summed E-state index contributed by atoms with van der Waals surface area (Å²) in [4.78, 5) is 46.5. The molecule has 0 spiro atoms. The average Bonchev–Trinajstić information content (AvgIpc) is 3.15. The van der Waals surface area contributed by atoms with Crippen molar-refractivity contribution < 1.29 is 23.9 Å². The number of aryl methyl sites for hydroxylation is 2. The number of nitrogens with zero attached hydrogens (tertiary/aromatic N) is 2. The van der Waals surface area contributed by atoms with E-state index >= 15 is 0 Å². The number of aliphatic hydroxyl groups is 1. The molecule has 2 N–H and O–H groups in total. The molecule has 2 amide bonds. The third-order valence-electron chi connectivity index (χ3n) is 8.09. The molecular formula is C29H38FN3O4S. The summed E-state index contributed by atoms with van der Waals surface area (Å²) in [5.41, 5.74) is 3.37. The Labute approximate surface area is 227 Å². The van der Waals surface area contributed by atoms with E-state index in [0.717, 1.165) is 27.3 Å². The Morgan fingerprint density at radius 2 is 1.97 bits per heavy atom. The second-order valence-corrected chi connectivity index (χ2v) is 12.9. The quantitative estimate of drug-likeness (QED) is 0.515. The third-order valence-corrected chi connectivity index (χ3v) is 9.07. The van der Waals surface area contributed by atoms with Crippen molar-refractivity contribution in [3.63, 3.8) is 0 Å². The van der Waals surface area contributed by atoms with Crippen LogP contribution < -0.4 is 5.32 Å². The van der Waals surface area contributed by atoms with E-state index in [1.807, 2.05) is 52.3 Å². The predicted molar refractivity (Wildman–Crippen MR) is 145 cm³/mol. The highest BCUT2D eigenvalue weighted by Crippen LogP contribution is 2.49. The molecule has 206 valence electrons. The molecule has 2 heterocycles. The summed E-state index contributed by atoms with van der Waals surface area (Å²) in [6.45, 7) is 11.5. The molecule has 1 saturated carbocycles. The van der Waals surface area contributed by atoms with Gasteiger partial charge in [-0.3, -0.25) is 14.4 Å². The molecule has 3 unspecified atom stereocenters. The molecule has 1 saturated heterocycles. The highest BCUT2D eigenvalue weighted by atomic mass is 32.1. The number of nitrogens with one attached hydrogen (secondary N) is 1. The topological polar surface area (TPSA) is 99.6 Å². The van der Waals surface area contributed by atoms with Crippen molar-refractivity contribution in [1.29, 1.82) is 0 Å². The van der Waals surface area contributed by atoms with Crippen molar-refractivity contribution in [1.82, 2.24) is 15.2 Å². The fourth-order valence-electron chi connectivity index (χ4n) is 5.31. The van der Waals surface area contributed by atoms with Crippen LogP contribution in [-0.2, 0) is 20.9 Å². The molecule has 1 aliphatic carbocycles. The minimum atomic E-state index is -1.85. The fourth-order valence-corrected chi connectivity index (χ4v) is 6.12. The van der Waals surface area contributed by atoms with Crippen molar-refractivity contribution in [2.45, 2.75) is 85.2 Å². The van der Waals surface area contributed by atoms with E-state index < -0.39 is 34.9 Å². The molecule has 1 aromatic heterocycles. The molecule has 2 aliphatic rings. The lowest BCUT2D eigenvalue weighted by Crippen LogP contribution is -2.50. The van der Waals surface area contributed by atoms with Gasteiger partial charge in [-0.15, -0.1) is 11.3 Å². The van der Waals surface area contributed by atoms with E-state index in [0.29, 0.717) is 0 Å². The molecule has 38 heavy (non-hydrogen) atoms. The van der Waals surface area contributed by atoms with Gasteiger partial charge in [-0.1, -0.05) is 45.9 Å².